The smallest absolute Gasteiger partial charge is 0.407 e. The molecule has 0 aliphatic heterocycles. The van der Waals surface area contributed by atoms with E-state index in [1.165, 1.54) is 0 Å². The molecule has 1 aliphatic carbocycles. The molecule has 3 rings (SSSR count). The normalized spacial score (nSPS) is 14.6. The minimum absolute atomic E-state index is 0.0839. The Morgan fingerprint density at radius 3 is 1.97 bits per heavy atom. The van der Waals surface area contributed by atoms with Crippen LogP contribution in [0.2, 0.25) is 0 Å². The molecule has 32 heavy (non-hydrogen) atoms. The van der Waals surface area contributed by atoms with Crippen molar-refractivity contribution in [3.63, 3.8) is 0 Å². The number of aliphatic carboxylic acids is 1. The van der Waals surface area contributed by atoms with Gasteiger partial charge in [-0.05, 0) is 34.1 Å². The molecule has 0 aromatic heterocycles. The van der Waals surface area contributed by atoms with Crippen LogP contribution < -0.4 is 10.6 Å². The number of carbonyl (C=O) groups excluding carboxylic acids is 2. The number of rotatable bonds is 7. The predicted octanol–water partition coefficient (Wildman–Crippen LogP) is 3.92. The van der Waals surface area contributed by atoms with Crippen LogP contribution in [0.1, 0.15) is 51.2 Å². The Hall–Kier alpha value is -3.35. The number of alkyl carbamates (subject to hydrolysis) is 1. The van der Waals surface area contributed by atoms with Crippen LogP contribution in [0.5, 0.6) is 0 Å². The quantitative estimate of drug-likeness (QED) is 0.608. The van der Waals surface area contributed by atoms with E-state index < -0.39 is 35.5 Å². The van der Waals surface area contributed by atoms with Crippen molar-refractivity contribution in [1.82, 2.24) is 10.6 Å². The van der Waals surface area contributed by atoms with Gasteiger partial charge in [0.2, 0.25) is 5.91 Å². The molecular formula is C25H30N2O5. The van der Waals surface area contributed by atoms with Gasteiger partial charge in [0.05, 0.1) is 0 Å². The molecule has 2 aromatic rings. The lowest BCUT2D eigenvalue weighted by atomic mass is 9.86. The number of ether oxygens (including phenoxy) is 1. The fraction of sp³-hybridized carbons (Fsp3) is 0.400. The highest BCUT2D eigenvalue weighted by Gasteiger charge is 2.35. The molecule has 0 saturated heterocycles. The average molecular weight is 439 g/mol. The average Bonchev–Trinajstić information content (AvgIpc) is 3.07. The number of carbonyl (C=O) groups is 3. The molecule has 7 heteroatoms. The van der Waals surface area contributed by atoms with Crippen molar-refractivity contribution in [3.05, 3.63) is 59.7 Å². The molecule has 3 N–H and O–H groups in total. The number of hydrogen-bond donors (Lipinski definition) is 3. The molecule has 2 amide bonds. The standard InChI is InChI=1S/C25H30N2O5/c1-5-20(22(28)27-21(23(29)30)25(2,3)4)26-24(31)32-14-19-17-12-8-6-10-15(17)16-11-7-9-13-18(16)19/h6-13,19-21H,5,14H2,1-4H3,(H,26,31)(H,27,28)(H,29,30)/t20-,21+/m0/s1. The summed E-state index contributed by atoms with van der Waals surface area (Å²) in [5.41, 5.74) is 3.78. The molecule has 0 saturated carbocycles. The summed E-state index contributed by atoms with van der Waals surface area (Å²) >= 11 is 0. The zero-order valence-electron chi connectivity index (χ0n) is 18.8. The Bertz CT molecular complexity index is 966. The molecular weight excluding hydrogens is 408 g/mol. The Labute approximate surface area is 188 Å². The minimum atomic E-state index is -1.12. The van der Waals surface area contributed by atoms with Crippen molar-refractivity contribution in [1.29, 1.82) is 0 Å². The molecule has 2 atom stereocenters. The Morgan fingerprint density at radius 1 is 0.969 bits per heavy atom. The number of benzene rings is 2. The second kappa shape index (κ2) is 9.42. The van der Waals surface area contributed by atoms with Gasteiger partial charge < -0.3 is 20.5 Å². The number of carboxylic acid groups (broad SMARTS) is 1. The van der Waals surface area contributed by atoms with Crippen molar-refractivity contribution in [2.45, 2.75) is 52.1 Å². The van der Waals surface area contributed by atoms with Crippen LogP contribution in [-0.4, -0.2) is 41.8 Å². The summed E-state index contributed by atoms with van der Waals surface area (Å²) in [5, 5.41) is 14.5. The van der Waals surface area contributed by atoms with E-state index in [2.05, 4.69) is 22.8 Å². The van der Waals surface area contributed by atoms with Gasteiger partial charge >= 0.3 is 12.1 Å². The van der Waals surface area contributed by atoms with Gasteiger partial charge in [-0.15, -0.1) is 0 Å². The zero-order chi connectivity index (χ0) is 23.5. The summed E-state index contributed by atoms with van der Waals surface area (Å²) in [6.07, 6.45) is -0.413. The van der Waals surface area contributed by atoms with Gasteiger partial charge in [-0.3, -0.25) is 4.79 Å². The van der Waals surface area contributed by atoms with Crippen LogP contribution >= 0.6 is 0 Å². The van der Waals surface area contributed by atoms with Crippen LogP contribution in [0, 0.1) is 5.41 Å². The van der Waals surface area contributed by atoms with Crippen LogP contribution in [0.25, 0.3) is 11.1 Å². The molecule has 7 nitrogen and oxygen atoms in total. The lowest BCUT2D eigenvalue weighted by molar-refractivity contribution is -0.145. The van der Waals surface area contributed by atoms with E-state index in [-0.39, 0.29) is 12.5 Å². The number of amides is 2. The summed E-state index contributed by atoms with van der Waals surface area (Å²) in [6, 6.07) is 14.1. The number of carboxylic acids is 1. The number of hydrogen-bond acceptors (Lipinski definition) is 4. The number of nitrogens with one attached hydrogen (secondary N) is 2. The Morgan fingerprint density at radius 2 is 1.50 bits per heavy atom. The molecule has 0 bridgehead atoms. The van der Waals surface area contributed by atoms with E-state index in [9.17, 15) is 19.5 Å². The monoisotopic (exact) mass is 438 g/mol. The van der Waals surface area contributed by atoms with Gasteiger partial charge in [0.25, 0.3) is 0 Å². The third-order valence-corrected chi connectivity index (χ3v) is 5.76. The summed E-state index contributed by atoms with van der Waals surface area (Å²) in [6.45, 7) is 7.06. The first-order valence-corrected chi connectivity index (χ1v) is 10.8. The zero-order valence-corrected chi connectivity index (χ0v) is 18.8. The van der Waals surface area contributed by atoms with Gasteiger partial charge in [0.15, 0.2) is 0 Å². The molecule has 0 heterocycles. The van der Waals surface area contributed by atoms with Crippen molar-refractivity contribution in [3.8, 4) is 11.1 Å². The highest BCUT2D eigenvalue weighted by atomic mass is 16.5. The second-order valence-electron chi connectivity index (χ2n) is 9.08. The molecule has 0 unspecified atom stereocenters. The number of fused-ring (bicyclic) bond motifs is 3. The maximum Gasteiger partial charge on any atom is 0.407 e. The third-order valence-electron chi connectivity index (χ3n) is 5.76. The van der Waals surface area contributed by atoms with Gasteiger partial charge in [0, 0.05) is 5.92 Å². The first-order valence-electron chi connectivity index (χ1n) is 10.8. The molecule has 0 fully saturated rings. The van der Waals surface area contributed by atoms with Gasteiger partial charge in [-0.25, -0.2) is 9.59 Å². The second-order valence-corrected chi connectivity index (χ2v) is 9.08. The predicted molar refractivity (Wildman–Crippen MR) is 121 cm³/mol. The first-order chi connectivity index (χ1) is 15.1. The lowest BCUT2D eigenvalue weighted by Crippen LogP contribution is -2.55. The summed E-state index contributed by atoms with van der Waals surface area (Å²) in [7, 11) is 0. The van der Waals surface area contributed by atoms with Gasteiger partial charge in [-0.2, -0.15) is 0 Å². The van der Waals surface area contributed by atoms with Crippen molar-refractivity contribution >= 4 is 18.0 Å². The van der Waals surface area contributed by atoms with Crippen molar-refractivity contribution in [2.75, 3.05) is 6.61 Å². The van der Waals surface area contributed by atoms with E-state index in [4.69, 9.17) is 4.74 Å². The van der Waals surface area contributed by atoms with Crippen LogP contribution in [0.4, 0.5) is 4.79 Å². The Kier molecular flexibility index (Phi) is 6.87. The van der Waals surface area contributed by atoms with Gasteiger partial charge in [0.1, 0.15) is 18.7 Å². The SMILES string of the molecule is CC[C@H](NC(=O)OCC1c2ccccc2-c2ccccc21)C(=O)N[C@H](C(=O)O)C(C)(C)C. The molecule has 2 aromatic carbocycles. The van der Waals surface area contributed by atoms with Crippen molar-refractivity contribution in [2.24, 2.45) is 5.41 Å². The van der Waals surface area contributed by atoms with Crippen LogP contribution in [0.3, 0.4) is 0 Å². The fourth-order valence-electron chi connectivity index (χ4n) is 4.03. The van der Waals surface area contributed by atoms with E-state index in [0.717, 1.165) is 22.3 Å². The minimum Gasteiger partial charge on any atom is -0.480 e. The molecule has 0 radical (unpaired) electrons. The molecule has 170 valence electrons. The summed E-state index contributed by atoms with van der Waals surface area (Å²) < 4.78 is 5.50. The summed E-state index contributed by atoms with van der Waals surface area (Å²) in [5.74, 6) is -1.76. The summed E-state index contributed by atoms with van der Waals surface area (Å²) in [4.78, 5) is 36.6. The third kappa shape index (κ3) is 4.93. The van der Waals surface area contributed by atoms with E-state index in [1.54, 1.807) is 27.7 Å². The van der Waals surface area contributed by atoms with Gasteiger partial charge in [-0.1, -0.05) is 76.2 Å². The van der Waals surface area contributed by atoms with E-state index in [0.29, 0.717) is 6.42 Å². The maximum atomic E-state index is 12.6. The maximum absolute atomic E-state index is 12.6. The topological polar surface area (TPSA) is 105 Å². The highest BCUT2D eigenvalue weighted by Crippen LogP contribution is 2.44. The highest BCUT2D eigenvalue weighted by molar-refractivity contribution is 5.89. The first kappa shape index (κ1) is 23.3. The van der Waals surface area contributed by atoms with Crippen LogP contribution in [-0.2, 0) is 14.3 Å². The van der Waals surface area contributed by atoms with Crippen LogP contribution in [0.15, 0.2) is 48.5 Å². The van der Waals surface area contributed by atoms with E-state index >= 15 is 0 Å². The lowest BCUT2D eigenvalue weighted by Gasteiger charge is -2.29. The fourth-order valence-corrected chi connectivity index (χ4v) is 4.03. The van der Waals surface area contributed by atoms with Crippen molar-refractivity contribution < 1.29 is 24.2 Å². The molecule has 1 aliphatic rings. The van der Waals surface area contributed by atoms with E-state index in [1.807, 2.05) is 36.4 Å². The largest absolute Gasteiger partial charge is 0.480 e. The molecule has 0 spiro atoms. The Balaban J connectivity index is 1.64.